The SMILES string of the molecule is Cc1cc(C)c2o[p+](=O)c3ccc(C)cc3c2c1. The van der Waals surface area contributed by atoms with Gasteiger partial charge in [0.1, 0.15) is 0 Å². The number of hydrogen-bond donors (Lipinski definition) is 0. The van der Waals surface area contributed by atoms with E-state index in [1.54, 1.807) is 0 Å². The van der Waals surface area contributed by atoms with E-state index in [2.05, 4.69) is 25.1 Å². The molecule has 0 fully saturated rings. The van der Waals surface area contributed by atoms with Crippen molar-refractivity contribution in [1.29, 1.82) is 0 Å². The molecule has 3 rings (SSSR count). The lowest BCUT2D eigenvalue weighted by Crippen LogP contribution is -1.83. The van der Waals surface area contributed by atoms with E-state index in [4.69, 9.17) is 4.20 Å². The molecule has 0 saturated heterocycles. The predicted octanol–water partition coefficient (Wildman–Crippen LogP) is 5.25. The minimum Gasteiger partial charge on any atom is -0.249 e. The predicted molar refractivity (Wildman–Crippen MR) is 75.5 cm³/mol. The zero-order chi connectivity index (χ0) is 12.9. The van der Waals surface area contributed by atoms with E-state index < -0.39 is 7.65 Å². The van der Waals surface area contributed by atoms with Crippen LogP contribution in [0.5, 0.6) is 0 Å². The van der Waals surface area contributed by atoms with Gasteiger partial charge in [0, 0.05) is 10.8 Å². The van der Waals surface area contributed by atoms with Crippen molar-refractivity contribution in [2.75, 3.05) is 0 Å². The lowest BCUT2D eigenvalue weighted by Gasteiger charge is -2.02. The van der Waals surface area contributed by atoms with Crippen molar-refractivity contribution in [2.45, 2.75) is 20.8 Å². The van der Waals surface area contributed by atoms with Gasteiger partial charge in [-0.15, -0.1) is 0 Å². The third-order valence-electron chi connectivity index (χ3n) is 3.23. The standard InChI is InChI=1S/C15H14O2P/c1-9-4-5-14-12(7-9)13-8-10(2)6-11(3)15(13)17-18(14)16/h4-8H,1-3H3/q+1. The highest BCUT2D eigenvalue weighted by Gasteiger charge is 2.17. The average molecular weight is 257 g/mol. The fourth-order valence-electron chi connectivity index (χ4n) is 2.43. The van der Waals surface area contributed by atoms with Crippen LogP contribution in [0.2, 0.25) is 0 Å². The first-order chi connectivity index (χ1) is 8.56. The number of aryl methyl sites for hydroxylation is 3. The normalized spacial score (nSPS) is 12.3. The first kappa shape index (κ1) is 11.4. The van der Waals surface area contributed by atoms with Crippen LogP contribution in [-0.2, 0) is 4.57 Å². The van der Waals surface area contributed by atoms with Gasteiger partial charge in [-0.3, -0.25) is 0 Å². The Morgan fingerprint density at radius 1 is 0.944 bits per heavy atom. The quantitative estimate of drug-likeness (QED) is 0.514. The molecule has 2 aromatic carbocycles. The summed E-state index contributed by atoms with van der Waals surface area (Å²) in [7, 11) is -1.78. The van der Waals surface area contributed by atoms with Crippen LogP contribution in [0.25, 0.3) is 21.5 Å². The molecule has 1 heterocycles. The molecule has 0 N–H and O–H groups in total. The lowest BCUT2D eigenvalue weighted by molar-refractivity contribution is 0.563. The molecule has 1 aromatic heterocycles. The molecule has 0 radical (unpaired) electrons. The minimum absolute atomic E-state index is 0.764. The Bertz CT molecular complexity index is 831. The van der Waals surface area contributed by atoms with E-state index in [1.807, 2.05) is 26.0 Å². The van der Waals surface area contributed by atoms with Crippen molar-refractivity contribution in [2.24, 2.45) is 0 Å². The zero-order valence-electron chi connectivity index (χ0n) is 10.7. The Morgan fingerprint density at radius 3 is 2.44 bits per heavy atom. The molecule has 0 spiro atoms. The minimum atomic E-state index is -1.78. The fraction of sp³-hybridized carbons (Fsp3) is 0.200. The Labute approximate surface area is 106 Å². The third kappa shape index (κ3) is 1.65. The van der Waals surface area contributed by atoms with Crippen LogP contribution in [-0.4, -0.2) is 0 Å². The molecular weight excluding hydrogens is 243 g/mol. The van der Waals surface area contributed by atoms with Crippen LogP contribution < -0.4 is 0 Å². The van der Waals surface area contributed by atoms with Crippen molar-refractivity contribution in [3.05, 3.63) is 47.0 Å². The summed E-state index contributed by atoms with van der Waals surface area (Å²) in [5, 5.41) is 2.90. The fourth-order valence-corrected chi connectivity index (χ4v) is 3.52. The second-order valence-corrected chi connectivity index (χ2v) is 6.01. The molecule has 1 atom stereocenters. The summed E-state index contributed by atoms with van der Waals surface area (Å²) in [4.78, 5) is 0. The highest BCUT2D eigenvalue weighted by atomic mass is 31.1. The molecule has 0 saturated carbocycles. The highest BCUT2D eigenvalue weighted by Crippen LogP contribution is 2.37. The van der Waals surface area contributed by atoms with Gasteiger partial charge in [-0.25, -0.2) is 4.20 Å². The lowest BCUT2D eigenvalue weighted by atomic mass is 10.0. The molecule has 2 nitrogen and oxygen atoms in total. The van der Waals surface area contributed by atoms with Crippen LogP contribution in [0.3, 0.4) is 0 Å². The molecule has 90 valence electrons. The van der Waals surface area contributed by atoms with Crippen molar-refractivity contribution in [3.63, 3.8) is 0 Å². The molecule has 18 heavy (non-hydrogen) atoms. The topological polar surface area (TPSA) is 30.2 Å². The largest absolute Gasteiger partial charge is 0.597 e. The van der Waals surface area contributed by atoms with Gasteiger partial charge in [0.2, 0.25) is 5.12 Å². The summed E-state index contributed by atoms with van der Waals surface area (Å²) in [6, 6.07) is 10.1. The number of hydrogen-bond acceptors (Lipinski definition) is 2. The Kier molecular flexibility index (Phi) is 2.49. The monoisotopic (exact) mass is 257 g/mol. The molecule has 0 aliphatic carbocycles. The molecule has 1 unspecified atom stereocenters. The molecular formula is C15H14O2P+. The molecule has 0 aliphatic rings. The molecule has 3 heteroatoms. The Hall–Kier alpha value is -1.66. The number of fused-ring (bicyclic) bond motifs is 3. The van der Waals surface area contributed by atoms with E-state index in [0.717, 1.165) is 27.0 Å². The third-order valence-corrected chi connectivity index (χ3v) is 4.36. The van der Waals surface area contributed by atoms with E-state index in [1.165, 1.54) is 11.1 Å². The molecule has 3 aromatic rings. The van der Waals surface area contributed by atoms with Gasteiger partial charge in [0.25, 0.3) is 0 Å². The van der Waals surface area contributed by atoms with Gasteiger partial charge >= 0.3 is 7.65 Å². The first-order valence-corrected chi connectivity index (χ1v) is 7.11. The van der Waals surface area contributed by atoms with Crippen LogP contribution in [0.1, 0.15) is 16.7 Å². The maximum Gasteiger partial charge on any atom is 0.597 e. The number of rotatable bonds is 0. The van der Waals surface area contributed by atoms with Crippen LogP contribution >= 0.6 is 7.65 Å². The highest BCUT2D eigenvalue weighted by molar-refractivity contribution is 7.37. The number of benzene rings is 2. The molecule has 0 bridgehead atoms. The summed E-state index contributed by atoms with van der Waals surface area (Å²) in [6.45, 7) is 6.11. The summed E-state index contributed by atoms with van der Waals surface area (Å²) in [5.74, 6) is 0. The second kappa shape index (κ2) is 3.93. The first-order valence-electron chi connectivity index (χ1n) is 5.94. The van der Waals surface area contributed by atoms with Crippen LogP contribution in [0.4, 0.5) is 0 Å². The van der Waals surface area contributed by atoms with Crippen LogP contribution in [0, 0.1) is 20.8 Å². The van der Waals surface area contributed by atoms with Crippen molar-refractivity contribution in [1.82, 2.24) is 0 Å². The van der Waals surface area contributed by atoms with Gasteiger partial charge in [-0.1, -0.05) is 17.7 Å². The summed E-state index contributed by atoms with van der Waals surface area (Å²) < 4.78 is 17.7. The van der Waals surface area contributed by atoms with Gasteiger partial charge in [0.05, 0.1) is 0 Å². The Balaban J connectivity index is 2.67. The molecule has 0 aliphatic heterocycles. The maximum atomic E-state index is 12.1. The van der Waals surface area contributed by atoms with Crippen molar-refractivity contribution in [3.8, 4) is 0 Å². The van der Waals surface area contributed by atoms with Gasteiger partial charge in [-0.2, -0.15) is 0 Å². The Morgan fingerprint density at radius 2 is 1.67 bits per heavy atom. The van der Waals surface area contributed by atoms with Gasteiger partial charge in [0.15, 0.2) is 5.58 Å². The average Bonchev–Trinajstić information content (AvgIpc) is 2.31. The summed E-state index contributed by atoms with van der Waals surface area (Å²) in [5.41, 5.74) is 4.17. The summed E-state index contributed by atoms with van der Waals surface area (Å²) in [6.07, 6.45) is 0. The van der Waals surface area contributed by atoms with E-state index in [9.17, 15) is 4.57 Å². The van der Waals surface area contributed by atoms with Crippen molar-refractivity contribution < 1.29 is 8.76 Å². The van der Waals surface area contributed by atoms with Crippen molar-refractivity contribution >= 4 is 29.1 Å². The summed E-state index contributed by atoms with van der Waals surface area (Å²) >= 11 is 0. The van der Waals surface area contributed by atoms with E-state index >= 15 is 0 Å². The van der Waals surface area contributed by atoms with Gasteiger partial charge in [-0.05, 0) is 54.7 Å². The van der Waals surface area contributed by atoms with Gasteiger partial charge < -0.3 is 0 Å². The van der Waals surface area contributed by atoms with Crippen LogP contribution in [0.15, 0.2) is 34.5 Å². The molecule has 0 amide bonds. The maximum absolute atomic E-state index is 12.1. The second-order valence-electron chi connectivity index (χ2n) is 4.83. The smallest absolute Gasteiger partial charge is 0.249 e. The van der Waals surface area contributed by atoms with E-state index in [0.29, 0.717) is 0 Å². The van der Waals surface area contributed by atoms with E-state index in [-0.39, 0.29) is 0 Å². The zero-order valence-corrected chi connectivity index (χ0v) is 11.5.